The number of hydrogen-bond acceptors (Lipinski definition) is 6. The van der Waals surface area contributed by atoms with Gasteiger partial charge in [0.1, 0.15) is 5.70 Å². The Kier molecular flexibility index (Phi) is 9.20. The Morgan fingerprint density at radius 3 is 2.19 bits per heavy atom. The molecule has 0 spiro atoms. The van der Waals surface area contributed by atoms with Gasteiger partial charge in [-0.2, -0.15) is 4.68 Å². The number of carbonyl (C=O) groups is 2. The van der Waals surface area contributed by atoms with Crippen LogP contribution in [0.2, 0.25) is 0 Å². The molecule has 42 heavy (non-hydrogen) atoms. The first kappa shape index (κ1) is 28.5. The molecule has 2 amide bonds. The van der Waals surface area contributed by atoms with Crippen LogP contribution in [-0.2, 0) is 10.5 Å². The lowest BCUT2D eigenvalue weighted by Gasteiger charge is -2.12. The number of nitrogens with zero attached hydrogens (tertiary/aromatic N) is 4. The quantitative estimate of drug-likeness (QED) is 0.146. The van der Waals surface area contributed by atoms with E-state index >= 15 is 0 Å². The van der Waals surface area contributed by atoms with E-state index in [-0.39, 0.29) is 11.6 Å². The Hall–Kier alpha value is -5.02. The average Bonchev–Trinajstić information content (AvgIpc) is 3.50. The van der Waals surface area contributed by atoms with Crippen LogP contribution in [0.4, 0.5) is 5.69 Å². The van der Waals surface area contributed by atoms with Gasteiger partial charge in [0.25, 0.3) is 11.8 Å². The number of nitrogens with one attached hydrogen (secondary N) is 2. The Bertz CT molecular complexity index is 1670. The van der Waals surface area contributed by atoms with Gasteiger partial charge < -0.3 is 10.6 Å². The number of amides is 2. The number of rotatable bonds is 10. The summed E-state index contributed by atoms with van der Waals surface area (Å²) in [7, 11) is 0. The van der Waals surface area contributed by atoms with Crippen molar-refractivity contribution in [2.45, 2.75) is 30.4 Å². The van der Waals surface area contributed by atoms with E-state index < -0.39 is 5.91 Å². The van der Waals surface area contributed by atoms with Crippen LogP contribution in [0, 0.1) is 0 Å². The van der Waals surface area contributed by atoms with Crippen molar-refractivity contribution in [3.8, 4) is 5.69 Å². The molecule has 5 aromatic rings. The Morgan fingerprint density at radius 1 is 0.857 bits per heavy atom. The van der Waals surface area contributed by atoms with Crippen LogP contribution in [-0.4, -0.2) is 32.0 Å². The highest BCUT2D eigenvalue weighted by Gasteiger charge is 2.16. The molecule has 0 saturated carbocycles. The van der Waals surface area contributed by atoms with Crippen LogP contribution in [0.25, 0.3) is 11.8 Å². The van der Waals surface area contributed by atoms with E-state index in [9.17, 15) is 9.59 Å². The van der Waals surface area contributed by atoms with Gasteiger partial charge in [-0.15, -0.1) is 16.9 Å². The van der Waals surface area contributed by atoms with Crippen molar-refractivity contribution in [3.05, 3.63) is 137 Å². The number of tetrazole rings is 1. The SMILES string of the molecule is CC(C)c1ccc(/C=C(\NC(=O)c2ccccc2)C(=O)Nc2ccc(SCc3nnnn3-c3ccccc3)cc2)cc1. The number of carbonyl (C=O) groups excluding carboxylic acids is 2. The minimum atomic E-state index is -0.422. The van der Waals surface area contributed by atoms with Crippen LogP contribution in [0.3, 0.4) is 0 Å². The molecule has 210 valence electrons. The van der Waals surface area contributed by atoms with Crippen LogP contribution in [0.1, 0.15) is 47.1 Å². The molecule has 0 aliphatic heterocycles. The molecule has 0 aliphatic carbocycles. The van der Waals surface area contributed by atoms with Gasteiger partial charge in [-0.25, -0.2) is 0 Å². The summed E-state index contributed by atoms with van der Waals surface area (Å²) in [6.45, 7) is 4.25. The highest BCUT2D eigenvalue weighted by molar-refractivity contribution is 7.98. The molecule has 8 nitrogen and oxygen atoms in total. The predicted octanol–water partition coefficient (Wildman–Crippen LogP) is 6.49. The van der Waals surface area contributed by atoms with E-state index in [1.165, 1.54) is 5.56 Å². The van der Waals surface area contributed by atoms with Gasteiger partial charge in [-0.1, -0.05) is 74.5 Å². The number of anilines is 1. The Labute approximate surface area is 248 Å². The van der Waals surface area contributed by atoms with Gasteiger partial charge >= 0.3 is 0 Å². The Morgan fingerprint density at radius 2 is 1.52 bits per heavy atom. The number of benzene rings is 4. The van der Waals surface area contributed by atoms with Crippen molar-refractivity contribution in [3.63, 3.8) is 0 Å². The number of aromatic nitrogens is 4. The average molecular weight is 575 g/mol. The third-order valence-electron chi connectivity index (χ3n) is 6.46. The molecule has 0 atom stereocenters. The maximum Gasteiger partial charge on any atom is 0.272 e. The molecule has 1 aromatic heterocycles. The maximum atomic E-state index is 13.4. The highest BCUT2D eigenvalue weighted by Crippen LogP contribution is 2.24. The highest BCUT2D eigenvalue weighted by atomic mass is 32.2. The van der Waals surface area contributed by atoms with E-state index in [0.29, 0.717) is 22.9 Å². The van der Waals surface area contributed by atoms with Gasteiger partial charge in [0, 0.05) is 16.1 Å². The lowest BCUT2D eigenvalue weighted by molar-refractivity contribution is -0.113. The minimum Gasteiger partial charge on any atom is -0.321 e. The van der Waals surface area contributed by atoms with Crippen molar-refractivity contribution < 1.29 is 9.59 Å². The van der Waals surface area contributed by atoms with Gasteiger partial charge in [-0.3, -0.25) is 9.59 Å². The van der Waals surface area contributed by atoms with Crippen molar-refractivity contribution >= 4 is 35.3 Å². The molecule has 0 saturated heterocycles. The van der Waals surface area contributed by atoms with Crippen molar-refractivity contribution in [1.82, 2.24) is 25.5 Å². The molecule has 2 N–H and O–H groups in total. The maximum absolute atomic E-state index is 13.4. The number of hydrogen-bond donors (Lipinski definition) is 2. The van der Waals surface area contributed by atoms with E-state index in [4.69, 9.17) is 0 Å². The minimum absolute atomic E-state index is 0.146. The summed E-state index contributed by atoms with van der Waals surface area (Å²) in [5, 5.41) is 17.8. The standard InChI is InChI=1S/C33H30N6O2S/c1-23(2)25-15-13-24(14-16-25)21-30(35-32(40)26-9-5-3-6-10-26)33(41)34-27-17-19-29(20-18-27)42-22-31-36-37-38-39(31)28-11-7-4-8-12-28/h3-21,23H,22H2,1-2H3,(H,34,41)(H,35,40)/b30-21-. The van der Waals surface area contributed by atoms with Gasteiger partial charge in [-0.05, 0) is 82.1 Å². The predicted molar refractivity (Wildman–Crippen MR) is 166 cm³/mol. The summed E-state index contributed by atoms with van der Waals surface area (Å²) in [6.07, 6.45) is 1.68. The topological polar surface area (TPSA) is 102 Å². The fourth-order valence-corrected chi connectivity index (χ4v) is 4.94. The third-order valence-corrected chi connectivity index (χ3v) is 7.47. The molecule has 9 heteroatoms. The van der Waals surface area contributed by atoms with Crippen molar-refractivity contribution in [1.29, 1.82) is 0 Å². The lowest BCUT2D eigenvalue weighted by Crippen LogP contribution is -2.30. The van der Waals surface area contributed by atoms with Crippen LogP contribution >= 0.6 is 11.8 Å². The number of thioether (sulfide) groups is 1. The van der Waals surface area contributed by atoms with Gasteiger partial charge in [0.2, 0.25) is 0 Å². The van der Waals surface area contributed by atoms with Crippen LogP contribution < -0.4 is 10.6 Å². The molecule has 4 aromatic carbocycles. The second-order valence-corrected chi connectivity index (χ2v) is 10.9. The fourth-order valence-electron chi connectivity index (χ4n) is 4.13. The summed E-state index contributed by atoms with van der Waals surface area (Å²) < 4.78 is 1.72. The van der Waals surface area contributed by atoms with Crippen molar-refractivity contribution in [2.75, 3.05) is 5.32 Å². The zero-order valence-corrected chi connectivity index (χ0v) is 24.1. The van der Waals surface area contributed by atoms with Crippen molar-refractivity contribution in [2.24, 2.45) is 0 Å². The molecule has 0 fully saturated rings. The lowest BCUT2D eigenvalue weighted by atomic mass is 10.0. The normalized spacial score (nSPS) is 11.4. The first-order valence-electron chi connectivity index (χ1n) is 13.5. The molecule has 0 unspecified atom stereocenters. The van der Waals surface area contributed by atoms with Crippen LogP contribution in [0.5, 0.6) is 0 Å². The molecule has 1 heterocycles. The molecule has 0 bridgehead atoms. The third kappa shape index (κ3) is 7.38. The molecule has 0 aliphatic rings. The van der Waals surface area contributed by atoms with Crippen LogP contribution in [0.15, 0.2) is 120 Å². The van der Waals surface area contributed by atoms with E-state index in [0.717, 1.165) is 22.0 Å². The Balaban J connectivity index is 1.28. The van der Waals surface area contributed by atoms with E-state index in [1.807, 2.05) is 84.9 Å². The monoisotopic (exact) mass is 574 g/mol. The molecular weight excluding hydrogens is 544 g/mol. The second-order valence-electron chi connectivity index (χ2n) is 9.81. The van der Waals surface area contributed by atoms with E-state index in [2.05, 4.69) is 40.0 Å². The summed E-state index contributed by atoms with van der Waals surface area (Å²) in [5.74, 6) is 0.911. The largest absolute Gasteiger partial charge is 0.321 e. The van der Waals surface area contributed by atoms with Gasteiger partial charge in [0.15, 0.2) is 5.82 Å². The summed E-state index contributed by atoms with van der Waals surface area (Å²) in [5.41, 5.74) is 4.12. The zero-order chi connectivity index (χ0) is 29.3. The summed E-state index contributed by atoms with van der Waals surface area (Å²) >= 11 is 1.59. The zero-order valence-electron chi connectivity index (χ0n) is 23.3. The first-order valence-corrected chi connectivity index (χ1v) is 14.5. The fraction of sp³-hybridized carbons (Fsp3) is 0.121. The smallest absolute Gasteiger partial charge is 0.272 e. The number of para-hydroxylation sites is 1. The summed E-state index contributed by atoms with van der Waals surface area (Å²) in [4.78, 5) is 27.3. The second kappa shape index (κ2) is 13.6. The molecule has 0 radical (unpaired) electrons. The molecular formula is C33H30N6O2S. The first-order chi connectivity index (χ1) is 20.5. The van der Waals surface area contributed by atoms with E-state index in [1.54, 1.807) is 46.8 Å². The molecule has 5 rings (SSSR count). The summed E-state index contributed by atoms with van der Waals surface area (Å²) in [6, 6.07) is 34.0. The van der Waals surface area contributed by atoms with Gasteiger partial charge in [0.05, 0.1) is 11.4 Å².